The lowest BCUT2D eigenvalue weighted by Crippen LogP contribution is -2.47. The fraction of sp³-hybridized carbons (Fsp3) is 0.391. The average Bonchev–Trinajstić information content (AvgIpc) is 3.47. The lowest BCUT2D eigenvalue weighted by Gasteiger charge is -2.30. The topological polar surface area (TPSA) is 85.6 Å². The van der Waals surface area contributed by atoms with Crippen LogP contribution in [0, 0.1) is 24.7 Å². The number of aromatic nitrogens is 3. The first-order valence-electron chi connectivity index (χ1n) is 10.4. The zero-order valence-corrected chi connectivity index (χ0v) is 16.8. The van der Waals surface area contributed by atoms with Gasteiger partial charge in [-0.2, -0.15) is 5.10 Å². The van der Waals surface area contributed by atoms with E-state index in [1.54, 1.807) is 10.7 Å². The molecule has 1 aromatic carbocycles. The van der Waals surface area contributed by atoms with Crippen LogP contribution in [-0.4, -0.2) is 32.5 Å². The van der Waals surface area contributed by atoms with E-state index >= 15 is 0 Å². The molecule has 2 fully saturated rings. The Morgan fingerprint density at radius 3 is 2.80 bits per heavy atom. The smallest absolute Gasteiger partial charge is 0.311 e. The summed E-state index contributed by atoms with van der Waals surface area (Å²) < 4.78 is 7.23. The fourth-order valence-corrected chi connectivity index (χ4v) is 5.01. The van der Waals surface area contributed by atoms with Crippen LogP contribution < -0.4 is 5.32 Å². The second-order valence-corrected chi connectivity index (χ2v) is 8.35. The van der Waals surface area contributed by atoms with Crippen LogP contribution in [0.3, 0.4) is 0 Å². The number of benzene rings is 1. The molecule has 2 heterocycles. The Hall–Kier alpha value is -3.22. The maximum absolute atomic E-state index is 13.1. The van der Waals surface area contributed by atoms with Crippen molar-refractivity contribution in [3.05, 3.63) is 65.6 Å². The summed E-state index contributed by atoms with van der Waals surface area (Å²) in [7, 11) is 0. The Bertz CT molecular complexity index is 1090. The van der Waals surface area contributed by atoms with Gasteiger partial charge in [-0.05, 0) is 49.7 Å². The predicted molar refractivity (Wildman–Crippen MR) is 110 cm³/mol. The summed E-state index contributed by atoms with van der Waals surface area (Å²) in [4.78, 5) is 30.4. The van der Waals surface area contributed by atoms with Gasteiger partial charge >= 0.3 is 5.97 Å². The number of aryl methyl sites for hydroxylation is 1. The van der Waals surface area contributed by atoms with E-state index in [0.29, 0.717) is 17.1 Å². The SMILES string of the molecule is Cc1ccn2ncc(C(=O)N[C@H]3[C@H]4CC[C@@H](C4)[C@@H]3C(=O)OCc3ccccc3)c2n1. The second kappa shape index (κ2) is 7.55. The highest BCUT2D eigenvalue weighted by atomic mass is 16.5. The molecule has 5 rings (SSSR count). The Morgan fingerprint density at radius 1 is 1.17 bits per heavy atom. The minimum atomic E-state index is -0.298. The van der Waals surface area contributed by atoms with Crippen molar-refractivity contribution < 1.29 is 14.3 Å². The molecular formula is C23H24N4O3. The molecular weight excluding hydrogens is 380 g/mol. The molecule has 1 amide bonds. The molecule has 7 heteroatoms. The van der Waals surface area contributed by atoms with Gasteiger partial charge in [-0.1, -0.05) is 30.3 Å². The minimum absolute atomic E-state index is 0.209. The first kappa shape index (κ1) is 18.8. The molecule has 2 bridgehead atoms. The van der Waals surface area contributed by atoms with Crippen molar-refractivity contribution in [2.24, 2.45) is 17.8 Å². The van der Waals surface area contributed by atoms with E-state index in [-0.39, 0.29) is 36.4 Å². The van der Waals surface area contributed by atoms with Gasteiger partial charge in [-0.25, -0.2) is 9.50 Å². The van der Waals surface area contributed by atoms with Crippen LogP contribution in [0.1, 0.15) is 40.9 Å². The number of esters is 1. The quantitative estimate of drug-likeness (QED) is 0.661. The third-order valence-electron chi connectivity index (χ3n) is 6.46. The van der Waals surface area contributed by atoms with E-state index < -0.39 is 0 Å². The van der Waals surface area contributed by atoms with Gasteiger partial charge < -0.3 is 10.1 Å². The Morgan fingerprint density at radius 2 is 1.97 bits per heavy atom. The first-order valence-corrected chi connectivity index (χ1v) is 10.4. The van der Waals surface area contributed by atoms with E-state index in [2.05, 4.69) is 15.4 Å². The lowest BCUT2D eigenvalue weighted by atomic mass is 9.84. The second-order valence-electron chi connectivity index (χ2n) is 8.35. The maximum atomic E-state index is 13.1. The van der Waals surface area contributed by atoms with Crippen molar-refractivity contribution in [2.45, 2.75) is 38.8 Å². The Labute approximate surface area is 174 Å². The number of hydrogen-bond acceptors (Lipinski definition) is 5. The predicted octanol–water partition coefficient (Wildman–Crippen LogP) is 2.93. The molecule has 0 radical (unpaired) electrons. The van der Waals surface area contributed by atoms with E-state index in [0.717, 1.165) is 30.5 Å². The number of nitrogens with one attached hydrogen (secondary N) is 1. The number of fused-ring (bicyclic) bond motifs is 3. The highest BCUT2D eigenvalue weighted by molar-refractivity contribution is 6.00. The van der Waals surface area contributed by atoms with E-state index in [9.17, 15) is 9.59 Å². The summed E-state index contributed by atoms with van der Waals surface area (Å²) in [5.41, 5.74) is 2.73. The largest absolute Gasteiger partial charge is 0.461 e. The molecule has 0 unspecified atom stereocenters. The standard InChI is InChI=1S/C23H24N4O3/c1-14-9-10-27-21(25-14)18(12-24-27)22(28)26-20-17-8-7-16(11-17)19(20)23(29)30-13-15-5-3-2-4-6-15/h2-6,9-10,12,16-17,19-20H,7-8,11,13H2,1H3,(H,26,28)/t16-,17-,19-,20-/m0/s1. The van der Waals surface area contributed by atoms with Crippen LogP contribution in [0.4, 0.5) is 0 Å². The molecule has 2 aromatic heterocycles. The third-order valence-corrected chi connectivity index (χ3v) is 6.46. The third kappa shape index (κ3) is 3.34. The van der Waals surface area contributed by atoms with Gasteiger partial charge in [0.2, 0.25) is 0 Å². The van der Waals surface area contributed by atoms with Crippen LogP contribution >= 0.6 is 0 Å². The molecule has 30 heavy (non-hydrogen) atoms. The van der Waals surface area contributed by atoms with E-state index in [4.69, 9.17) is 4.74 Å². The van der Waals surface area contributed by atoms with Crippen LogP contribution in [0.5, 0.6) is 0 Å². The van der Waals surface area contributed by atoms with Crippen molar-refractivity contribution in [3.63, 3.8) is 0 Å². The minimum Gasteiger partial charge on any atom is -0.461 e. The average molecular weight is 404 g/mol. The first-order chi connectivity index (χ1) is 14.6. The fourth-order valence-electron chi connectivity index (χ4n) is 5.01. The molecule has 3 aromatic rings. The number of carbonyl (C=O) groups is 2. The molecule has 2 saturated carbocycles. The van der Waals surface area contributed by atoms with Crippen LogP contribution in [0.25, 0.3) is 5.65 Å². The molecule has 7 nitrogen and oxygen atoms in total. The summed E-state index contributed by atoms with van der Waals surface area (Å²) in [6.45, 7) is 2.13. The molecule has 1 N–H and O–H groups in total. The summed E-state index contributed by atoms with van der Waals surface area (Å²) in [5, 5.41) is 7.34. The number of hydrogen-bond donors (Lipinski definition) is 1. The van der Waals surface area contributed by atoms with Gasteiger partial charge in [-0.3, -0.25) is 9.59 Å². The van der Waals surface area contributed by atoms with Gasteiger partial charge in [-0.15, -0.1) is 0 Å². The van der Waals surface area contributed by atoms with Gasteiger partial charge in [0.1, 0.15) is 12.2 Å². The number of carbonyl (C=O) groups excluding carboxylic acids is 2. The Kier molecular flexibility index (Phi) is 4.73. The van der Waals surface area contributed by atoms with E-state index in [1.165, 1.54) is 6.20 Å². The van der Waals surface area contributed by atoms with Gasteiger partial charge in [0.05, 0.1) is 12.1 Å². The summed E-state index contributed by atoms with van der Waals surface area (Å²) in [6, 6.07) is 11.3. The molecule has 0 spiro atoms. The van der Waals surface area contributed by atoms with Crippen molar-refractivity contribution in [1.29, 1.82) is 0 Å². The van der Waals surface area contributed by atoms with Crippen molar-refractivity contribution in [1.82, 2.24) is 19.9 Å². The Balaban J connectivity index is 1.32. The normalized spacial score (nSPS) is 24.8. The summed E-state index contributed by atoms with van der Waals surface area (Å²) in [5.74, 6) is -0.169. The summed E-state index contributed by atoms with van der Waals surface area (Å²) >= 11 is 0. The van der Waals surface area contributed by atoms with Crippen LogP contribution in [0.15, 0.2) is 48.8 Å². The summed E-state index contributed by atoms with van der Waals surface area (Å²) in [6.07, 6.45) is 6.33. The number of amides is 1. The number of ether oxygens (including phenoxy) is 1. The number of nitrogens with zero attached hydrogens (tertiary/aromatic N) is 3. The molecule has 0 aliphatic heterocycles. The zero-order chi connectivity index (χ0) is 20.7. The van der Waals surface area contributed by atoms with Crippen LogP contribution in [0.2, 0.25) is 0 Å². The highest BCUT2D eigenvalue weighted by Gasteiger charge is 2.52. The highest BCUT2D eigenvalue weighted by Crippen LogP contribution is 2.49. The lowest BCUT2D eigenvalue weighted by molar-refractivity contribution is -0.152. The van der Waals surface area contributed by atoms with Crippen LogP contribution in [-0.2, 0) is 16.1 Å². The molecule has 4 atom stereocenters. The van der Waals surface area contributed by atoms with Crippen molar-refractivity contribution in [2.75, 3.05) is 0 Å². The monoisotopic (exact) mass is 404 g/mol. The molecule has 2 aliphatic carbocycles. The van der Waals surface area contributed by atoms with Gasteiger partial charge in [0, 0.05) is 17.9 Å². The maximum Gasteiger partial charge on any atom is 0.311 e. The van der Waals surface area contributed by atoms with Gasteiger partial charge in [0.25, 0.3) is 5.91 Å². The molecule has 154 valence electrons. The van der Waals surface area contributed by atoms with Crippen molar-refractivity contribution in [3.8, 4) is 0 Å². The number of rotatable bonds is 5. The molecule has 0 saturated heterocycles. The van der Waals surface area contributed by atoms with E-state index in [1.807, 2.05) is 43.3 Å². The van der Waals surface area contributed by atoms with Gasteiger partial charge in [0.15, 0.2) is 5.65 Å². The zero-order valence-electron chi connectivity index (χ0n) is 16.8. The molecule has 2 aliphatic rings. The van der Waals surface area contributed by atoms with Crippen molar-refractivity contribution >= 4 is 17.5 Å².